The number of ether oxygens (including phenoxy) is 3. The van der Waals surface area contributed by atoms with Crippen LogP contribution in [-0.2, 0) is 25.4 Å². The first-order chi connectivity index (χ1) is 8.20. The standard InChI is InChI=1S/C12H14O5/c1-15-11(14)7-8-2-3-10(13)9(6-8)12-16-4-5-17-12/h2-3,6,12-13H,4-5,7H2,1H3. The van der Waals surface area contributed by atoms with Gasteiger partial charge in [-0.15, -0.1) is 0 Å². The van der Waals surface area contributed by atoms with Gasteiger partial charge in [0, 0.05) is 5.56 Å². The summed E-state index contributed by atoms with van der Waals surface area (Å²) in [4.78, 5) is 11.2. The van der Waals surface area contributed by atoms with Crippen molar-refractivity contribution in [2.24, 2.45) is 0 Å². The number of hydrogen-bond donors (Lipinski definition) is 1. The zero-order chi connectivity index (χ0) is 12.3. The first-order valence-electron chi connectivity index (χ1n) is 5.32. The van der Waals surface area contributed by atoms with Gasteiger partial charge in [-0.1, -0.05) is 6.07 Å². The normalized spacial score (nSPS) is 16.1. The second kappa shape index (κ2) is 5.16. The van der Waals surface area contributed by atoms with Crippen LogP contribution >= 0.6 is 0 Å². The Balaban J connectivity index is 2.19. The number of benzene rings is 1. The number of carbonyl (C=O) groups is 1. The fraction of sp³-hybridized carbons (Fsp3) is 0.417. The van der Waals surface area contributed by atoms with E-state index in [9.17, 15) is 9.90 Å². The molecule has 1 fully saturated rings. The van der Waals surface area contributed by atoms with Crippen molar-refractivity contribution in [3.05, 3.63) is 29.3 Å². The molecule has 1 heterocycles. The maximum absolute atomic E-state index is 11.2. The van der Waals surface area contributed by atoms with Crippen LogP contribution in [0.4, 0.5) is 0 Å². The van der Waals surface area contributed by atoms with Crippen molar-refractivity contribution in [1.82, 2.24) is 0 Å². The molecule has 1 aliphatic heterocycles. The van der Waals surface area contributed by atoms with Crippen molar-refractivity contribution in [2.45, 2.75) is 12.7 Å². The van der Waals surface area contributed by atoms with Crippen molar-refractivity contribution in [1.29, 1.82) is 0 Å². The number of phenols is 1. The smallest absolute Gasteiger partial charge is 0.309 e. The lowest BCUT2D eigenvalue weighted by atomic mass is 10.1. The molecular formula is C12H14O5. The van der Waals surface area contributed by atoms with Crippen LogP contribution in [-0.4, -0.2) is 31.4 Å². The van der Waals surface area contributed by atoms with Crippen molar-refractivity contribution in [2.75, 3.05) is 20.3 Å². The molecule has 0 radical (unpaired) electrons. The van der Waals surface area contributed by atoms with Crippen molar-refractivity contribution >= 4 is 5.97 Å². The van der Waals surface area contributed by atoms with Gasteiger partial charge >= 0.3 is 5.97 Å². The first-order valence-corrected chi connectivity index (χ1v) is 5.32. The third-order valence-corrected chi connectivity index (χ3v) is 2.54. The molecule has 92 valence electrons. The zero-order valence-electron chi connectivity index (χ0n) is 9.51. The van der Waals surface area contributed by atoms with Crippen LogP contribution in [0.1, 0.15) is 17.4 Å². The lowest BCUT2D eigenvalue weighted by Gasteiger charge is -2.12. The Kier molecular flexibility index (Phi) is 3.61. The Bertz CT molecular complexity index is 409. The van der Waals surface area contributed by atoms with Crippen LogP contribution in [0.25, 0.3) is 0 Å². The Morgan fingerprint density at radius 3 is 2.82 bits per heavy atom. The number of aromatic hydroxyl groups is 1. The van der Waals surface area contributed by atoms with Gasteiger partial charge in [0.25, 0.3) is 0 Å². The molecule has 1 aromatic rings. The number of phenolic OH excluding ortho intramolecular Hbond substituents is 1. The Morgan fingerprint density at radius 2 is 2.18 bits per heavy atom. The van der Waals surface area contributed by atoms with Crippen molar-refractivity contribution in [3.8, 4) is 5.75 Å². The summed E-state index contributed by atoms with van der Waals surface area (Å²) in [5, 5.41) is 9.71. The minimum Gasteiger partial charge on any atom is -0.507 e. The van der Waals surface area contributed by atoms with Gasteiger partial charge in [0.15, 0.2) is 6.29 Å². The lowest BCUT2D eigenvalue weighted by Crippen LogP contribution is -2.06. The Morgan fingerprint density at radius 1 is 1.47 bits per heavy atom. The van der Waals surface area contributed by atoms with Gasteiger partial charge in [-0.25, -0.2) is 0 Å². The maximum Gasteiger partial charge on any atom is 0.309 e. The monoisotopic (exact) mass is 238 g/mol. The van der Waals surface area contributed by atoms with Gasteiger partial charge in [-0.05, 0) is 17.7 Å². The summed E-state index contributed by atoms with van der Waals surface area (Å²) in [5.41, 5.74) is 1.30. The van der Waals surface area contributed by atoms with E-state index in [0.29, 0.717) is 18.8 Å². The predicted molar refractivity (Wildman–Crippen MR) is 58.5 cm³/mol. The number of hydrogen-bond acceptors (Lipinski definition) is 5. The van der Waals surface area contributed by atoms with Crippen LogP contribution in [0, 0.1) is 0 Å². The third kappa shape index (κ3) is 2.75. The van der Waals surface area contributed by atoms with E-state index in [1.165, 1.54) is 13.2 Å². The van der Waals surface area contributed by atoms with Crippen LogP contribution in [0.3, 0.4) is 0 Å². The molecule has 0 aliphatic carbocycles. The van der Waals surface area contributed by atoms with Crippen LogP contribution < -0.4 is 0 Å². The Labute approximate surface area is 98.9 Å². The molecule has 1 aliphatic rings. The summed E-state index contributed by atoms with van der Waals surface area (Å²) in [6.07, 6.45) is -0.385. The highest BCUT2D eigenvalue weighted by molar-refractivity contribution is 5.72. The van der Waals surface area contributed by atoms with Gasteiger partial charge in [-0.2, -0.15) is 0 Å². The van der Waals surface area contributed by atoms with Crippen LogP contribution in [0.15, 0.2) is 18.2 Å². The SMILES string of the molecule is COC(=O)Cc1ccc(O)c(C2OCCO2)c1. The summed E-state index contributed by atoms with van der Waals surface area (Å²) in [6, 6.07) is 4.89. The number of methoxy groups -OCH3 is 1. The number of rotatable bonds is 3. The molecule has 1 aromatic carbocycles. The average molecular weight is 238 g/mol. The molecule has 0 unspecified atom stereocenters. The molecule has 0 spiro atoms. The molecule has 5 heteroatoms. The van der Waals surface area contributed by atoms with E-state index in [1.807, 2.05) is 0 Å². The Hall–Kier alpha value is -1.59. The second-order valence-electron chi connectivity index (χ2n) is 3.72. The zero-order valence-corrected chi connectivity index (χ0v) is 9.51. The highest BCUT2D eigenvalue weighted by atomic mass is 16.7. The average Bonchev–Trinajstić information content (AvgIpc) is 2.85. The van der Waals surface area contributed by atoms with Gasteiger partial charge in [0.05, 0.1) is 26.7 Å². The van der Waals surface area contributed by atoms with E-state index in [1.54, 1.807) is 12.1 Å². The molecule has 0 atom stereocenters. The molecule has 1 N–H and O–H groups in total. The van der Waals surface area contributed by atoms with E-state index in [2.05, 4.69) is 4.74 Å². The van der Waals surface area contributed by atoms with Gasteiger partial charge in [0.2, 0.25) is 0 Å². The second-order valence-corrected chi connectivity index (χ2v) is 3.72. The van der Waals surface area contributed by atoms with Crippen LogP contribution in [0.2, 0.25) is 0 Å². The molecule has 0 amide bonds. The lowest BCUT2D eigenvalue weighted by molar-refractivity contribution is -0.139. The molecule has 5 nitrogen and oxygen atoms in total. The molecular weight excluding hydrogens is 224 g/mol. The maximum atomic E-state index is 11.2. The first kappa shape index (κ1) is 11.9. The minimum atomic E-state index is -0.549. The van der Waals surface area contributed by atoms with Gasteiger partial charge < -0.3 is 19.3 Å². The summed E-state index contributed by atoms with van der Waals surface area (Å²) in [5.74, 6) is -0.222. The predicted octanol–water partition coefficient (Wildman–Crippen LogP) is 1.15. The number of esters is 1. The third-order valence-electron chi connectivity index (χ3n) is 2.54. The summed E-state index contributed by atoms with van der Waals surface area (Å²) >= 11 is 0. The van der Waals surface area contributed by atoms with E-state index in [-0.39, 0.29) is 18.1 Å². The number of carbonyl (C=O) groups excluding carboxylic acids is 1. The van der Waals surface area contributed by atoms with Crippen molar-refractivity contribution in [3.63, 3.8) is 0 Å². The van der Waals surface area contributed by atoms with E-state index in [0.717, 1.165) is 5.56 Å². The minimum absolute atomic E-state index is 0.102. The van der Waals surface area contributed by atoms with Crippen molar-refractivity contribution < 1.29 is 24.1 Å². The molecule has 1 saturated heterocycles. The molecule has 0 bridgehead atoms. The highest BCUT2D eigenvalue weighted by Crippen LogP contribution is 2.31. The van der Waals surface area contributed by atoms with E-state index < -0.39 is 6.29 Å². The largest absolute Gasteiger partial charge is 0.507 e. The quantitative estimate of drug-likeness (QED) is 0.800. The fourth-order valence-electron chi connectivity index (χ4n) is 1.68. The molecule has 0 aromatic heterocycles. The summed E-state index contributed by atoms with van der Waals surface area (Å²) in [6.45, 7) is 1.01. The highest BCUT2D eigenvalue weighted by Gasteiger charge is 2.22. The molecule has 2 rings (SSSR count). The molecule has 17 heavy (non-hydrogen) atoms. The van der Waals surface area contributed by atoms with Gasteiger partial charge in [0.1, 0.15) is 5.75 Å². The fourth-order valence-corrected chi connectivity index (χ4v) is 1.68. The van der Waals surface area contributed by atoms with Crippen LogP contribution in [0.5, 0.6) is 5.75 Å². The van der Waals surface area contributed by atoms with Gasteiger partial charge in [-0.3, -0.25) is 4.79 Å². The topological polar surface area (TPSA) is 65.0 Å². The molecule has 0 saturated carbocycles. The van der Waals surface area contributed by atoms with E-state index in [4.69, 9.17) is 9.47 Å². The summed E-state index contributed by atoms with van der Waals surface area (Å²) < 4.78 is 15.2. The van der Waals surface area contributed by atoms with E-state index >= 15 is 0 Å². The summed E-state index contributed by atoms with van der Waals surface area (Å²) in [7, 11) is 1.34.